The van der Waals surface area contributed by atoms with Gasteiger partial charge in [0.1, 0.15) is 5.75 Å². The molecule has 1 amide bonds. The van der Waals surface area contributed by atoms with E-state index >= 15 is 0 Å². The van der Waals surface area contributed by atoms with Crippen LogP contribution in [0, 0.1) is 0 Å². The molecule has 2 N–H and O–H groups in total. The Labute approximate surface area is 96.0 Å². The first-order chi connectivity index (χ1) is 7.52. The van der Waals surface area contributed by atoms with Crippen LogP contribution < -0.4 is 15.6 Å². The van der Waals surface area contributed by atoms with E-state index < -0.39 is 5.41 Å². The molecule has 16 heavy (non-hydrogen) atoms. The van der Waals surface area contributed by atoms with Gasteiger partial charge in [0.25, 0.3) is 0 Å². The maximum Gasteiger partial charge on any atom is 0.244 e. The van der Waals surface area contributed by atoms with E-state index in [4.69, 9.17) is 4.74 Å². The Morgan fingerprint density at radius 2 is 2.06 bits per heavy atom. The number of ether oxygens (including phenoxy) is 1. The van der Waals surface area contributed by atoms with E-state index in [0.717, 1.165) is 11.3 Å². The first kappa shape index (κ1) is 12.5. The normalized spacial score (nSPS) is 11.0. The summed E-state index contributed by atoms with van der Waals surface area (Å²) in [5.74, 6) is 0.672. The fourth-order valence-electron chi connectivity index (χ4n) is 1.41. The summed E-state index contributed by atoms with van der Waals surface area (Å²) in [6, 6.07) is 7.52. The molecule has 0 saturated carbocycles. The van der Waals surface area contributed by atoms with E-state index in [1.807, 2.05) is 38.1 Å². The molecule has 1 aromatic carbocycles. The smallest absolute Gasteiger partial charge is 0.244 e. The summed E-state index contributed by atoms with van der Waals surface area (Å²) in [4.78, 5) is 11.9. The molecule has 0 aliphatic heterocycles. The minimum absolute atomic E-state index is 0.0803. The van der Waals surface area contributed by atoms with E-state index in [-0.39, 0.29) is 5.91 Å². The topological polar surface area (TPSA) is 50.4 Å². The van der Waals surface area contributed by atoms with Gasteiger partial charge in [0, 0.05) is 7.05 Å². The van der Waals surface area contributed by atoms with Gasteiger partial charge in [-0.05, 0) is 31.5 Å². The predicted molar refractivity (Wildman–Crippen MR) is 63.2 cm³/mol. The second kappa shape index (κ2) is 4.99. The van der Waals surface area contributed by atoms with Crippen molar-refractivity contribution in [2.24, 2.45) is 0 Å². The van der Waals surface area contributed by atoms with Gasteiger partial charge >= 0.3 is 0 Å². The van der Waals surface area contributed by atoms with E-state index in [1.54, 1.807) is 14.2 Å². The molecule has 0 unspecified atom stereocenters. The molecule has 4 heteroatoms. The summed E-state index contributed by atoms with van der Waals surface area (Å²) in [6.45, 7) is 3.74. The Kier molecular flexibility index (Phi) is 3.90. The van der Waals surface area contributed by atoms with Crippen molar-refractivity contribution in [2.45, 2.75) is 19.3 Å². The highest BCUT2D eigenvalue weighted by Gasteiger charge is 2.29. The van der Waals surface area contributed by atoms with Gasteiger partial charge in [-0.3, -0.25) is 10.2 Å². The zero-order chi connectivity index (χ0) is 12.2. The number of hydrogen-bond donors (Lipinski definition) is 2. The average Bonchev–Trinajstić information content (AvgIpc) is 2.29. The van der Waals surface area contributed by atoms with E-state index in [1.165, 1.54) is 0 Å². The van der Waals surface area contributed by atoms with E-state index in [9.17, 15) is 4.79 Å². The standard InChI is InChI=1S/C12H18N2O2/c1-12(2,11(15)14-13-3)9-6-5-7-10(8-9)16-4/h5-8,13H,1-4H3,(H,14,15). The molecule has 88 valence electrons. The lowest BCUT2D eigenvalue weighted by Gasteiger charge is -2.24. The Bertz CT molecular complexity index is 375. The molecule has 0 aromatic heterocycles. The summed E-state index contributed by atoms with van der Waals surface area (Å²) in [5.41, 5.74) is 5.55. The fraction of sp³-hybridized carbons (Fsp3) is 0.417. The van der Waals surface area contributed by atoms with Crippen LogP contribution in [0.3, 0.4) is 0 Å². The van der Waals surface area contributed by atoms with Crippen LogP contribution in [0.15, 0.2) is 24.3 Å². The zero-order valence-electron chi connectivity index (χ0n) is 10.1. The minimum Gasteiger partial charge on any atom is -0.497 e. The van der Waals surface area contributed by atoms with Gasteiger partial charge in [0.15, 0.2) is 0 Å². The van der Waals surface area contributed by atoms with Crippen molar-refractivity contribution in [3.05, 3.63) is 29.8 Å². The first-order valence-corrected chi connectivity index (χ1v) is 5.14. The summed E-state index contributed by atoms with van der Waals surface area (Å²) in [6.07, 6.45) is 0. The van der Waals surface area contributed by atoms with Gasteiger partial charge < -0.3 is 4.74 Å². The molecule has 0 saturated heterocycles. The van der Waals surface area contributed by atoms with Gasteiger partial charge in [-0.25, -0.2) is 5.43 Å². The van der Waals surface area contributed by atoms with Crippen molar-refractivity contribution < 1.29 is 9.53 Å². The highest BCUT2D eigenvalue weighted by atomic mass is 16.5. The SMILES string of the molecule is CNNC(=O)C(C)(C)c1cccc(OC)c1. The van der Waals surface area contributed by atoms with Crippen molar-refractivity contribution in [3.63, 3.8) is 0 Å². The summed E-state index contributed by atoms with van der Waals surface area (Å²) in [7, 11) is 3.28. The van der Waals surface area contributed by atoms with Crippen molar-refractivity contribution in [1.82, 2.24) is 10.9 Å². The van der Waals surface area contributed by atoms with Crippen LogP contribution >= 0.6 is 0 Å². The monoisotopic (exact) mass is 222 g/mol. The van der Waals surface area contributed by atoms with Crippen LogP contribution in [0.25, 0.3) is 0 Å². The molecule has 0 bridgehead atoms. The molecule has 0 spiro atoms. The lowest BCUT2D eigenvalue weighted by atomic mass is 9.84. The molecule has 0 aliphatic carbocycles. The maximum absolute atomic E-state index is 11.9. The lowest BCUT2D eigenvalue weighted by molar-refractivity contribution is -0.126. The lowest BCUT2D eigenvalue weighted by Crippen LogP contribution is -2.45. The number of nitrogens with one attached hydrogen (secondary N) is 2. The highest BCUT2D eigenvalue weighted by molar-refractivity contribution is 5.87. The molecule has 1 aromatic rings. The Morgan fingerprint density at radius 1 is 1.38 bits per heavy atom. The van der Waals surface area contributed by atoms with Crippen molar-refractivity contribution in [3.8, 4) is 5.75 Å². The third-order valence-corrected chi connectivity index (χ3v) is 2.60. The highest BCUT2D eigenvalue weighted by Crippen LogP contribution is 2.26. The van der Waals surface area contributed by atoms with Crippen LogP contribution in [-0.4, -0.2) is 20.1 Å². The summed E-state index contributed by atoms with van der Waals surface area (Å²) in [5, 5.41) is 0. The molecule has 0 atom stereocenters. The molecular formula is C12H18N2O2. The second-order valence-corrected chi connectivity index (χ2v) is 4.06. The Hall–Kier alpha value is -1.55. The van der Waals surface area contributed by atoms with Crippen molar-refractivity contribution in [1.29, 1.82) is 0 Å². The summed E-state index contributed by atoms with van der Waals surface area (Å²) >= 11 is 0. The van der Waals surface area contributed by atoms with Gasteiger partial charge in [-0.15, -0.1) is 0 Å². The van der Waals surface area contributed by atoms with Crippen LogP contribution in [0.2, 0.25) is 0 Å². The predicted octanol–water partition coefficient (Wildman–Crippen LogP) is 1.22. The zero-order valence-corrected chi connectivity index (χ0v) is 10.1. The molecule has 0 radical (unpaired) electrons. The third kappa shape index (κ3) is 2.52. The fourth-order valence-corrected chi connectivity index (χ4v) is 1.41. The number of hydrogen-bond acceptors (Lipinski definition) is 3. The third-order valence-electron chi connectivity index (χ3n) is 2.60. The van der Waals surface area contributed by atoms with Crippen LogP contribution in [-0.2, 0) is 10.2 Å². The molecule has 0 heterocycles. The maximum atomic E-state index is 11.9. The van der Waals surface area contributed by atoms with Gasteiger partial charge in [-0.2, -0.15) is 0 Å². The molecule has 0 fully saturated rings. The first-order valence-electron chi connectivity index (χ1n) is 5.14. The molecule has 4 nitrogen and oxygen atoms in total. The van der Waals surface area contributed by atoms with E-state index in [0.29, 0.717) is 0 Å². The molecule has 1 rings (SSSR count). The number of carbonyl (C=O) groups is 1. The quantitative estimate of drug-likeness (QED) is 0.753. The van der Waals surface area contributed by atoms with Crippen LogP contribution in [0.4, 0.5) is 0 Å². The molecular weight excluding hydrogens is 204 g/mol. The second-order valence-electron chi connectivity index (χ2n) is 4.06. The largest absolute Gasteiger partial charge is 0.497 e. The Balaban J connectivity index is 3.01. The molecule has 0 aliphatic rings. The van der Waals surface area contributed by atoms with Crippen LogP contribution in [0.1, 0.15) is 19.4 Å². The number of methoxy groups -OCH3 is 1. The van der Waals surface area contributed by atoms with Crippen LogP contribution in [0.5, 0.6) is 5.75 Å². The number of rotatable bonds is 4. The average molecular weight is 222 g/mol. The van der Waals surface area contributed by atoms with Gasteiger partial charge in [0.05, 0.1) is 12.5 Å². The number of amides is 1. The van der Waals surface area contributed by atoms with Crippen molar-refractivity contribution >= 4 is 5.91 Å². The van der Waals surface area contributed by atoms with Gasteiger partial charge in [-0.1, -0.05) is 12.1 Å². The number of hydrazine groups is 1. The van der Waals surface area contributed by atoms with Gasteiger partial charge in [0.2, 0.25) is 5.91 Å². The minimum atomic E-state index is -0.600. The number of benzene rings is 1. The van der Waals surface area contributed by atoms with Crippen molar-refractivity contribution in [2.75, 3.05) is 14.2 Å². The summed E-state index contributed by atoms with van der Waals surface area (Å²) < 4.78 is 5.14. The van der Waals surface area contributed by atoms with E-state index in [2.05, 4.69) is 10.9 Å². The Morgan fingerprint density at radius 3 is 2.62 bits per heavy atom. The number of carbonyl (C=O) groups excluding carboxylic acids is 1.